The molecular formula is C11H21NO3. The Morgan fingerprint density at radius 3 is 2.60 bits per heavy atom. The molecular weight excluding hydrogens is 194 g/mol. The van der Waals surface area contributed by atoms with Crippen molar-refractivity contribution in [1.29, 1.82) is 0 Å². The zero-order valence-electron chi connectivity index (χ0n) is 9.79. The second-order valence-corrected chi connectivity index (χ2v) is 4.29. The number of esters is 1. The first-order chi connectivity index (χ1) is 7.19. The van der Waals surface area contributed by atoms with E-state index in [-0.39, 0.29) is 17.9 Å². The van der Waals surface area contributed by atoms with Gasteiger partial charge in [-0.15, -0.1) is 0 Å². The Labute approximate surface area is 91.3 Å². The van der Waals surface area contributed by atoms with Crippen molar-refractivity contribution < 1.29 is 14.3 Å². The lowest BCUT2D eigenvalue weighted by Gasteiger charge is -2.22. The number of carbonyl (C=O) groups excluding carboxylic acids is 1. The molecule has 1 N–H and O–H groups in total. The van der Waals surface area contributed by atoms with Crippen LogP contribution in [-0.2, 0) is 14.3 Å². The van der Waals surface area contributed by atoms with E-state index in [4.69, 9.17) is 9.47 Å². The monoisotopic (exact) mass is 215 g/mol. The zero-order chi connectivity index (χ0) is 11.3. The normalized spacial score (nSPS) is 19.7. The maximum absolute atomic E-state index is 11.5. The molecule has 1 aliphatic rings. The lowest BCUT2D eigenvalue weighted by Crippen LogP contribution is -2.44. The van der Waals surface area contributed by atoms with Gasteiger partial charge < -0.3 is 14.8 Å². The first kappa shape index (κ1) is 12.5. The fourth-order valence-electron chi connectivity index (χ4n) is 1.62. The Morgan fingerprint density at radius 1 is 1.47 bits per heavy atom. The lowest BCUT2D eigenvalue weighted by molar-refractivity contribution is -0.145. The van der Waals surface area contributed by atoms with Gasteiger partial charge in [-0.1, -0.05) is 6.92 Å². The van der Waals surface area contributed by atoms with Crippen molar-refractivity contribution in [1.82, 2.24) is 5.32 Å². The largest absolute Gasteiger partial charge is 0.468 e. The molecule has 0 heterocycles. The van der Waals surface area contributed by atoms with Crippen molar-refractivity contribution in [3.05, 3.63) is 0 Å². The Morgan fingerprint density at radius 2 is 2.13 bits per heavy atom. The maximum Gasteiger partial charge on any atom is 0.323 e. The number of hydrogen-bond acceptors (Lipinski definition) is 4. The molecule has 0 radical (unpaired) electrons. The van der Waals surface area contributed by atoms with Crippen molar-refractivity contribution in [3.8, 4) is 0 Å². The molecule has 0 saturated heterocycles. The molecule has 0 aliphatic heterocycles. The van der Waals surface area contributed by atoms with Gasteiger partial charge in [0, 0.05) is 13.0 Å². The van der Waals surface area contributed by atoms with Crippen molar-refractivity contribution in [2.45, 2.75) is 25.8 Å². The van der Waals surface area contributed by atoms with Crippen molar-refractivity contribution in [2.24, 2.45) is 11.8 Å². The fourth-order valence-corrected chi connectivity index (χ4v) is 1.62. The van der Waals surface area contributed by atoms with Crippen LogP contribution in [-0.4, -0.2) is 39.4 Å². The summed E-state index contributed by atoms with van der Waals surface area (Å²) >= 11 is 0. The number of methoxy groups -OCH3 is 2. The van der Waals surface area contributed by atoms with Crippen LogP contribution in [0.1, 0.15) is 19.8 Å². The minimum absolute atomic E-state index is 0.140. The zero-order valence-corrected chi connectivity index (χ0v) is 9.79. The first-order valence-corrected chi connectivity index (χ1v) is 5.49. The van der Waals surface area contributed by atoms with Crippen LogP contribution in [0.2, 0.25) is 0 Å². The van der Waals surface area contributed by atoms with E-state index >= 15 is 0 Å². The van der Waals surface area contributed by atoms with Crippen LogP contribution >= 0.6 is 0 Å². The summed E-state index contributed by atoms with van der Waals surface area (Å²) in [7, 11) is 3.07. The molecule has 15 heavy (non-hydrogen) atoms. The van der Waals surface area contributed by atoms with E-state index in [0.717, 1.165) is 12.5 Å². The SMILES string of the molecule is COCC(C)C(NCC1CC1)C(=O)OC. The van der Waals surface area contributed by atoms with Crippen LogP contribution in [0.15, 0.2) is 0 Å². The number of hydrogen-bond donors (Lipinski definition) is 1. The predicted octanol–water partition coefficient (Wildman–Crippen LogP) is 0.810. The second kappa shape index (κ2) is 6.08. The summed E-state index contributed by atoms with van der Waals surface area (Å²) in [5, 5.41) is 3.26. The highest BCUT2D eigenvalue weighted by Gasteiger charge is 2.28. The van der Waals surface area contributed by atoms with Gasteiger partial charge in [-0.2, -0.15) is 0 Å². The molecule has 1 rings (SSSR count). The minimum atomic E-state index is -0.240. The molecule has 2 unspecified atom stereocenters. The summed E-state index contributed by atoms with van der Waals surface area (Å²) in [5.74, 6) is 0.702. The molecule has 4 nitrogen and oxygen atoms in total. The Kier molecular flexibility index (Phi) is 5.05. The number of rotatable bonds is 7. The van der Waals surface area contributed by atoms with E-state index < -0.39 is 0 Å². The van der Waals surface area contributed by atoms with Gasteiger partial charge in [0.2, 0.25) is 0 Å². The van der Waals surface area contributed by atoms with Crippen molar-refractivity contribution in [3.63, 3.8) is 0 Å². The van der Waals surface area contributed by atoms with Crippen molar-refractivity contribution >= 4 is 5.97 Å². The highest BCUT2D eigenvalue weighted by Crippen LogP contribution is 2.28. The summed E-state index contributed by atoms with van der Waals surface area (Å²) in [6.07, 6.45) is 2.55. The summed E-state index contributed by atoms with van der Waals surface area (Å²) in [6.45, 7) is 3.47. The quantitative estimate of drug-likeness (QED) is 0.638. The Hall–Kier alpha value is -0.610. The number of nitrogens with one attached hydrogen (secondary N) is 1. The summed E-state index contributed by atoms with van der Waals surface area (Å²) in [4.78, 5) is 11.5. The van der Waals surface area contributed by atoms with Gasteiger partial charge in [-0.3, -0.25) is 4.79 Å². The molecule has 0 spiro atoms. The molecule has 4 heteroatoms. The van der Waals surface area contributed by atoms with Crippen LogP contribution < -0.4 is 5.32 Å². The standard InChI is InChI=1S/C11H21NO3/c1-8(7-14-2)10(11(13)15-3)12-6-9-4-5-9/h8-10,12H,4-7H2,1-3H3. The smallest absolute Gasteiger partial charge is 0.323 e. The average Bonchev–Trinajstić information content (AvgIpc) is 3.02. The van der Waals surface area contributed by atoms with Gasteiger partial charge in [-0.25, -0.2) is 0 Å². The van der Waals surface area contributed by atoms with Gasteiger partial charge in [0.25, 0.3) is 0 Å². The van der Waals surface area contributed by atoms with Crippen LogP contribution in [0.3, 0.4) is 0 Å². The van der Waals surface area contributed by atoms with Crippen LogP contribution in [0.4, 0.5) is 0 Å². The van der Waals surface area contributed by atoms with Gasteiger partial charge in [0.1, 0.15) is 6.04 Å². The predicted molar refractivity (Wildman–Crippen MR) is 57.6 cm³/mol. The Bertz CT molecular complexity index is 204. The van der Waals surface area contributed by atoms with E-state index in [0.29, 0.717) is 6.61 Å². The minimum Gasteiger partial charge on any atom is -0.468 e. The average molecular weight is 215 g/mol. The van der Waals surface area contributed by atoms with E-state index in [2.05, 4.69) is 5.32 Å². The molecule has 0 amide bonds. The van der Waals surface area contributed by atoms with E-state index in [1.165, 1.54) is 20.0 Å². The lowest BCUT2D eigenvalue weighted by atomic mass is 10.0. The van der Waals surface area contributed by atoms with Crippen LogP contribution in [0.25, 0.3) is 0 Å². The third-order valence-electron chi connectivity index (χ3n) is 2.78. The third kappa shape index (κ3) is 4.18. The maximum atomic E-state index is 11.5. The van der Waals surface area contributed by atoms with E-state index in [1.807, 2.05) is 6.92 Å². The third-order valence-corrected chi connectivity index (χ3v) is 2.78. The van der Waals surface area contributed by atoms with Crippen LogP contribution in [0.5, 0.6) is 0 Å². The summed E-state index contributed by atoms with van der Waals surface area (Å²) in [5.41, 5.74) is 0. The summed E-state index contributed by atoms with van der Waals surface area (Å²) in [6, 6.07) is -0.240. The van der Waals surface area contributed by atoms with Crippen molar-refractivity contribution in [2.75, 3.05) is 27.4 Å². The van der Waals surface area contributed by atoms with Crippen LogP contribution in [0, 0.1) is 11.8 Å². The molecule has 88 valence electrons. The van der Waals surface area contributed by atoms with Gasteiger partial charge in [-0.05, 0) is 25.3 Å². The number of ether oxygens (including phenoxy) is 2. The fraction of sp³-hybridized carbons (Fsp3) is 0.909. The molecule has 0 aromatic carbocycles. The molecule has 0 aromatic rings. The molecule has 1 saturated carbocycles. The second-order valence-electron chi connectivity index (χ2n) is 4.29. The molecule has 1 aliphatic carbocycles. The highest BCUT2D eigenvalue weighted by molar-refractivity contribution is 5.76. The van der Waals surface area contributed by atoms with Gasteiger partial charge in [0.15, 0.2) is 0 Å². The summed E-state index contributed by atoms with van der Waals surface area (Å²) < 4.78 is 9.83. The molecule has 0 bridgehead atoms. The van der Waals surface area contributed by atoms with Gasteiger partial charge >= 0.3 is 5.97 Å². The number of carbonyl (C=O) groups is 1. The Balaban J connectivity index is 2.38. The molecule has 1 fully saturated rings. The topological polar surface area (TPSA) is 47.6 Å². The first-order valence-electron chi connectivity index (χ1n) is 5.49. The molecule has 2 atom stereocenters. The van der Waals surface area contributed by atoms with E-state index in [1.54, 1.807) is 7.11 Å². The molecule has 0 aromatic heterocycles. The van der Waals surface area contributed by atoms with E-state index in [9.17, 15) is 4.79 Å². The van der Waals surface area contributed by atoms with Gasteiger partial charge in [0.05, 0.1) is 13.7 Å². The highest BCUT2D eigenvalue weighted by atomic mass is 16.5.